The van der Waals surface area contributed by atoms with Crippen LogP contribution in [0, 0.1) is 0 Å². The quantitative estimate of drug-likeness (QED) is 0.691. The highest BCUT2D eigenvalue weighted by Gasteiger charge is 2.14. The van der Waals surface area contributed by atoms with Crippen LogP contribution in [0.3, 0.4) is 0 Å². The molecule has 1 amide bonds. The molecular formula is C16H12BrN3O2S. The lowest BCUT2D eigenvalue weighted by Crippen LogP contribution is -2.11. The zero-order valence-electron chi connectivity index (χ0n) is 12.1. The van der Waals surface area contributed by atoms with Gasteiger partial charge in [-0.3, -0.25) is 9.59 Å². The maximum Gasteiger partial charge on any atom is 0.256 e. The number of ketones is 1. The van der Waals surface area contributed by atoms with Crippen LogP contribution >= 0.6 is 27.3 Å². The molecule has 3 aromatic rings. The van der Waals surface area contributed by atoms with Crippen molar-refractivity contribution < 1.29 is 9.59 Å². The summed E-state index contributed by atoms with van der Waals surface area (Å²) >= 11 is 4.78. The monoisotopic (exact) mass is 389 g/mol. The summed E-state index contributed by atoms with van der Waals surface area (Å²) in [5.74, 6) is 0.0391. The van der Waals surface area contributed by atoms with Crippen molar-refractivity contribution in [2.75, 3.05) is 5.32 Å². The molecule has 0 saturated heterocycles. The number of halogens is 1. The van der Waals surface area contributed by atoms with E-state index in [9.17, 15) is 9.59 Å². The van der Waals surface area contributed by atoms with E-state index in [0.29, 0.717) is 22.6 Å². The van der Waals surface area contributed by atoms with Gasteiger partial charge in [-0.25, -0.2) is 4.98 Å². The molecule has 0 atom stereocenters. The predicted octanol–water partition coefficient (Wildman–Crippen LogP) is 3.73. The summed E-state index contributed by atoms with van der Waals surface area (Å²) in [5.41, 5.74) is 1.75. The van der Waals surface area contributed by atoms with Crippen molar-refractivity contribution in [3.63, 3.8) is 0 Å². The van der Waals surface area contributed by atoms with Crippen LogP contribution in [0.2, 0.25) is 0 Å². The topological polar surface area (TPSA) is 64.0 Å². The maximum absolute atomic E-state index is 12.3. The Balaban J connectivity index is 1.73. The third-order valence-electron chi connectivity index (χ3n) is 3.26. The van der Waals surface area contributed by atoms with Gasteiger partial charge in [0.1, 0.15) is 0 Å². The molecule has 0 aliphatic heterocycles. The molecule has 0 radical (unpaired) electrons. The van der Waals surface area contributed by atoms with Gasteiger partial charge in [0.2, 0.25) is 5.78 Å². The van der Waals surface area contributed by atoms with Crippen molar-refractivity contribution in [2.24, 2.45) is 7.05 Å². The Kier molecular flexibility index (Phi) is 4.40. The lowest BCUT2D eigenvalue weighted by Gasteiger charge is -2.05. The van der Waals surface area contributed by atoms with E-state index in [1.807, 2.05) is 0 Å². The van der Waals surface area contributed by atoms with Gasteiger partial charge in [0, 0.05) is 36.1 Å². The first kappa shape index (κ1) is 15.6. The molecule has 2 aromatic heterocycles. The molecule has 0 fully saturated rings. The van der Waals surface area contributed by atoms with Gasteiger partial charge >= 0.3 is 0 Å². The minimum atomic E-state index is -0.185. The Bertz CT molecular complexity index is 868. The number of nitrogens with zero attached hydrogens (tertiary/aromatic N) is 2. The molecule has 0 saturated carbocycles. The molecule has 2 heterocycles. The second kappa shape index (κ2) is 6.47. The third kappa shape index (κ3) is 3.40. The van der Waals surface area contributed by atoms with Crippen LogP contribution in [0.1, 0.15) is 26.5 Å². The molecule has 116 valence electrons. The van der Waals surface area contributed by atoms with Crippen molar-refractivity contribution in [3.05, 3.63) is 68.8 Å². The maximum atomic E-state index is 12.3. The first-order chi connectivity index (χ1) is 11.0. The minimum Gasteiger partial charge on any atom is -0.331 e. The van der Waals surface area contributed by atoms with Crippen LogP contribution in [0.5, 0.6) is 0 Å². The largest absolute Gasteiger partial charge is 0.331 e. The average Bonchev–Trinajstić information content (AvgIpc) is 3.16. The fraction of sp³-hybridized carbons (Fsp3) is 0.0625. The van der Waals surface area contributed by atoms with Crippen molar-refractivity contribution in [2.45, 2.75) is 0 Å². The summed E-state index contributed by atoms with van der Waals surface area (Å²) in [6.07, 6.45) is 3.31. The molecule has 5 nitrogen and oxygen atoms in total. The Morgan fingerprint density at radius 2 is 1.96 bits per heavy atom. The van der Waals surface area contributed by atoms with Crippen LogP contribution in [0.25, 0.3) is 0 Å². The number of carbonyl (C=O) groups excluding carboxylic acids is 2. The molecule has 23 heavy (non-hydrogen) atoms. The van der Waals surface area contributed by atoms with E-state index in [4.69, 9.17) is 0 Å². The molecule has 0 spiro atoms. The van der Waals surface area contributed by atoms with Gasteiger partial charge in [-0.1, -0.05) is 0 Å². The standard InChI is InChI=1S/C16H12BrN3O2S/c1-20-7-6-18-15(20)14(21)10-2-4-12(5-3-10)19-16(22)11-8-13(17)23-9-11/h2-9H,1H3,(H,19,22). The summed E-state index contributed by atoms with van der Waals surface area (Å²) in [5, 5.41) is 4.57. The van der Waals surface area contributed by atoms with Gasteiger partial charge in [-0.2, -0.15) is 0 Å². The molecule has 1 N–H and O–H groups in total. The molecule has 0 bridgehead atoms. The van der Waals surface area contributed by atoms with Gasteiger partial charge in [0.05, 0.1) is 9.35 Å². The van der Waals surface area contributed by atoms with E-state index in [1.54, 1.807) is 59.7 Å². The predicted molar refractivity (Wildman–Crippen MR) is 93.1 cm³/mol. The van der Waals surface area contributed by atoms with Gasteiger partial charge in [-0.05, 0) is 46.3 Å². The van der Waals surface area contributed by atoms with E-state index in [0.717, 1.165) is 3.79 Å². The van der Waals surface area contributed by atoms with E-state index in [2.05, 4.69) is 26.2 Å². The number of amides is 1. The SMILES string of the molecule is Cn1ccnc1C(=O)c1ccc(NC(=O)c2csc(Br)c2)cc1. The average molecular weight is 390 g/mol. The fourth-order valence-corrected chi connectivity index (χ4v) is 3.19. The minimum absolute atomic E-state index is 0.155. The smallest absolute Gasteiger partial charge is 0.256 e. The highest BCUT2D eigenvalue weighted by Crippen LogP contribution is 2.21. The molecular weight excluding hydrogens is 378 g/mol. The van der Waals surface area contributed by atoms with Crippen molar-refractivity contribution >= 4 is 44.6 Å². The van der Waals surface area contributed by atoms with Gasteiger partial charge in [0.15, 0.2) is 5.82 Å². The van der Waals surface area contributed by atoms with E-state index >= 15 is 0 Å². The van der Waals surface area contributed by atoms with Gasteiger partial charge in [-0.15, -0.1) is 11.3 Å². The Morgan fingerprint density at radius 3 is 2.52 bits per heavy atom. The van der Waals surface area contributed by atoms with Crippen molar-refractivity contribution in [3.8, 4) is 0 Å². The number of benzene rings is 1. The number of imidazole rings is 1. The van der Waals surface area contributed by atoms with E-state index < -0.39 is 0 Å². The van der Waals surface area contributed by atoms with Gasteiger partial charge in [0.25, 0.3) is 5.91 Å². The van der Waals surface area contributed by atoms with E-state index in [1.165, 1.54) is 11.3 Å². The summed E-state index contributed by atoms with van der Waals surface area (Å²) in [4.78, 5) is 28.4. The molecule has 1 aromatic carbocycles. The number of thiophene rings is 1. The summed E-state index contributed by atoms with van der Waals surface area (Å²) in [6, 6.07) is 8.52. The Morgan fingerprint density at radius 1 is 1.22 bits per heavy atom. The lowest BCUT2D eigenvalue weighted by molar-refractivity contribution is 0.102. The number of aryl methyl sites for hydroxylation is 1. The van der Waals surface area contributed by atoms with Crippen molar-refractivity contribution in [1.82, 2.24) is 9.55 Å². The number of anilines is 1. The normalized spacial score (nSPS) is 10.5. The van der Waals surface area contributed by atoms with E-state index in [-0.39, 0.29) is 11.7 Å². The fourth-order valence-electron chi connectivity index (χ4n) is 2.05. The second-order valence-corrected chi connectivity index (χ2v) is 7.15. The number of hydrogen-bond donors (Lipinski definition) is 1. The Hall–Kier alpha value is -2.25. The molecule has 0 unspecified atom stereocenters. The number of hydrogen-bond acceptors (Lipinski definition) is 4. The van der Waals surface area contributed by atoms with Crippen molar-refractivity contribution in [1.29, 1.82) is 0 Å². The summed E-state index contributed by atoms with van der Waals surface area (Å²) < 4.78 is 2.57. The lowest BCUT2D eigenvalue weighted by atomic mass is 10.1. The summed E-state index contributed by atoms with van der Waals surface area (Å²) in [6.45, 7) is 0. The zero-order chi connectivity index (χ0) is 16.4. The number of aromatic nitrogens is 2. The third-order valence-corrected chi connectivity index (χ3v) is 4.76. The van der Waals surface area contributed by atoms with Crippen LogP contribution < -0.4 is 5.32 Å². The zero-order valence-corrected chi connectivity index (χ0v) is 14.5. The molecule has 0 aliphatic rings. The van der Waals surface area contributed by atoms with Crippen LogP contribution in [-0.2, 0) is 7.05 Å². The second-order valence-electron chi connectivity index (χ2n) is 4.86. The van der Waals surface area contributed by atoms with Crippen LogP contribution in [0.15, 0.2) is 51.9 Å². The Labute approximate surface area is 145 Å². The number of rotatable bonds is 4. The van der Waals surface area contributed by atoms with Crippen LogP contribution in [-0.4, -0.2) is 21.2 Å². The highest BCUT2D eigenvalue weighted by molar-refractivity contribution is 9.11. The van der Waals surface area contributed by atoms with Gasteiger partial charge < -0.3 is 9.88 Å². The highest BCUT2D eigenvalue weighted by atomic mass is 79.9. The first-order valence-electron chi connectivity index (χ1n) is 6.72. The number of carbonyl (C=O) groups is 2. The summed E-state index contributed by atoms with van der Waals surface area (Å²) in [7, 11) is 1.77. The molecule has 0 aliphatic carbocycles. The first-order valence-corrected chi connectivity index (χ1v) is 8.39. The van der Waals surface area contributed by atoms with Crippen LogP contribution in [0.4, 0.5) is 5.69 Å². The number of nitrogens with one attached hydrogen (secondary N) is 1. The molecule has 7 heteroatoms. The molecule has 3 rings (SSSR count).